The zero-order valence-corrected chi connectivity index (χ0v) is 6.14. The fourth-order valence-electron chi connectivity index (χ4n) is 1.04. The van der Waals surface area contributed by atoms with Crippen LogP contribution in [0.1, 0.15) is 10.5 Å². The van der Waals surface area contributed by atoms with Gasteiger partial charge in [0.05, 0.1) is 0 Å². The average Bonchev–Trinajstić information content (AvgIpc) is 2.46. The minimum atomic E-state index is -1.00. The molecule has 0 spiro atoms. The van der Waals surface area contributed by atoms with E-state index in [9.17, 15) is 4.79 Å². The SMILES string of the molecule is O=C(O)c1cn2ccccc2n1.[LiH]. The van der Waals surface area contributed by atoms with Crippen molar-refractivity contribution in [2.24, 2.45) is 0 Å². The molecule has 0 saturated carbocycles. The second-order valence-corrected chi connectivity index (χ2v) is 2.40. The van der Waals surface area contributed by atoms with Crippen LogP contribution in [0.4, 0.5) is 0 Å². The number of rotatable bonds is 1. The van der Waals surface area contributed by atoms with Gasteiger partial charge >= 0.3 is 24.8 Å². The molecular formula is C8H7LiN2O2. The van der Waals surface area contributed by atoms with Crippen LogP contribution in [-0.2, 0) is 0 Å². The molecule has 13 heavy (non-hydrogen) atoms. The summed E-state index contributed by atoms with van der Waals surface area (Å²) >= 11 is 0. The number of carboxylic acids is 1. The fraction of sp³-hybridized carbons (Fsp3) is 0. The summed E-state index contributed by atoms with van der Waals surface area (Å²) in [6.45, 7) is 0. The molecule has 4 nitrogen and oxygen atoms in total. The van der Waals surface area contributed by atoms with E-state index in [2.05, 4.69) is 4.98 Å². The van der Waals surface area contributed by atoms with Crippen LogP contribution in [0.25, 0.3) is 5.65 Å². The Kier molecular flexibility index (Phi) is 2.76. The molecule has 2 rings (SSSR count). The van der Waals surface area contributed by atoms with Gasteiger partial charge in [-0.2, -0.15) is 0 Å². The van der Waals surface area contributed by atoms with E-state index < -0.39 is 5.97 Å². The molecule has 0 radical (unpaired) electrons. The van der Waals surface area contributed by atoms with E-state index in [1.165, 1.54) is 6.20 Å². The van der Waals surface area contributed by atoms with Gasteiger partial charge in [-0.3, -0.25) is 0 Å². The van der Waals surface area contributed by atoms with Crippen LogP contribution in [0.3, 0.4) is 0 Å². The fourth-order valence-corrected chi connectivity index (χ4v) is 1.04. The van der Waals surface area contributed by atoms with E-state index in [0.29, 0.717) is 5.65 Å². The number of imidazole rings is 1. The van der Waals surface area contributed by atoms with Crippen LogP contribution in [0.2, 0.25) is 0 Å². The Morgan fingerprint density at radius 3 is 2.85 bits per heavy atom. The summed E-state index contributed by atoms with van der Waals surface area (Å²) in [5.41, 5.74) is 0.719. The molecule has 1 N–H and O–H groups in total. The standard InChI is InChI=1S/C8H6N2O2.Li.H/c11-8(12)6-5-10-4-2-1-3-7(10)9-6;;/h1-5H,(H,11,12);;. The molecule has 0 saturated heterocycles. The predicted molar refractivity (Wildman–Crippen MR) is 49.3 cm³/mol. The quantitative estimate of drug-likeness (QED) is 0.629. The number of fused-ring (bicyclic) bond motifs is 1. The molecule has 0 unspecified atom stereocenters. The number of hydrogen-bond acceptors (Lipinski definition) is 2. The zero-order chi connectivity index (χ0) is 8.55. The van der Waals surface area contributed by atoms with Crippen molar-refractivity contribution < 1.29 is 9.90 Å². The van der Waals surface area contributed by atoms with E-state index in [1.807, 2.05) is 12.1 Å². The number of hydrogen-bond donors (Lipinski definition) is 1. The van der Waals surface area contributed by atoms with E-state index in [4.69, 9.17) is 5.11 Å². The van der Waals surface area contributed by atoms with Crippen molar-refractivity contribution >= 4 is 30.5 Å². The molecule has 5 heteroatoms. The minimum absolute atomic E-state index is 0. The number of carboxylic acid groups (broad SMARTS) is 1. The Hall–Kier alpha value is -1.24. The van der Waals surface area contributed by atoms with Gasteiger partial charge in [0.25, 0.3) is 0 Å². The molecule has 0 fully saturated rings. The van der Waals surface area contributed by atoms with Gasteiger partial charge in [-0.15, -0.1) is 0 Å². The van der Waals surface area contributed by atoms with E-state index in [0.717, 1.165) is 0 Å². The van der Waals surface area contributed by atoms with Crippen LogP contribution >= 0.6 is 0 Å². The topological polar surface area (TPSA) is 54.6 Å². The van der Waals surface area contributed by atoms with Crippen LogP contribution in [-0.4, -0.2) is 39.3 Å². The first-order valence-corrected chi connectivity index (χ1v) is 3.44. The molecule has 0 aliphatic carbocycles. The summed E-state index contributed by atoms with van der Waals surface area (Å²) in [5.74, 6) is -1.00. The molecule has 62 valence electrons. The molecule has 0 bridgehead atoms. The van der Waals surface area contributed by atoms with Crippen molar-refractivity contribution in [3.8, 4) is 0 Å². The third-order valence-electron chi connectivity index (χ3n) is 1.58. The Bertz CT molecular complexity index is 405. The number of carbonyl (C=O) groups is 1. The maximum atomic E-state index is 10.5. The van der Waals surface area contributed by atoms with Gasteiger partial charge in [-0.25, -0.2) is 9.78 Å². The van der Waals surface area contributed by atoms with Crippen LogP contribution in [0.5, 0.6) is 0 Å². The molecule has 2 aromatic heterocycles. The van der Waals surface area contributed by atoms with Gasteiger partial charge in [0.1, 0.15) is 5.65 Å². The van der Waals surface area contributed by atoms with Gasteiger partial charge < -0.3 is 9.51 Å². The van der Waals surface area contributed by atoms with Gasteiger partial charge in [0.2, 0.25) is 0 Å². The number of nitrogens with zero attached hydrogens (tertiary/aromatic N) is 2. The zero-order valence-electron chi connectivity index (χ0n) is 6.14. The Morgan fingerprint density at radius 1 is 1.46 bits per heavy atom. The maximum absolute atomic E-state index is 10.5. The van der Waals surface area contributed by atoms with Crippen molar-refractivity contribution in [2.45, 2.75) is 0 Å². The van der Waals surface area contributed by atoms with Crippen LogP contribution in [0.15, 0.2) is 30.6 Å². The second kappa shape index (κ2) is 3.65. The Labute approximate surface area is 86.4 Å². The first-order valence-electron chi connectivity index (χ1n) is 3.44. The van der Waals surface area contributed by atoms with Gasteiger partial charge in [0, 0.05) is 12.4 Å². The van der Waals surface area contributed by atoms with E-state index in [-0.39, 0.29) is 24.6 Å². The van der Waals surface area contributed by atoms with Gasteiger partial charge in [-0.1, -0.05) is 6.07 Å². The first kappa shape index (κ1) is 9.84. The molecule has 0 amide bonds. The molecule has 0 aromatic carbocycles. The van der Waals surface area contributed by atoms with Crippen molar-refractivity contribution in [1.29, 1.82) is 0 Å². The third kappa shape index (κ3) is 1.74. The van der Waals surface area contributed by atoms with Crippen molar-refractivity contribution in [3.63, 3.8) is 0 Å². The number of pyridine rings is 1. The van der Waals surface area contributed by atoms with Gasteiger partial charge in [-0.05, 0) is 12.1 Å². The van der Waals surface area contributed by atoms with Crippen molar-refractivity contribution in [3.05, 3.63) is 36.3 Å². The summed E-state index contributed by atoms with van der Waals surface area (Å²) < 4.78 is 1.67. The van der Waals surface area contributed by atoms with Crippen molar-refractivity contribution in [1.82, 2.24) is 9.38 Å². The van der Waals surface area contributed by atoms with Crippen molar-refractivity contribution in [2.75, 3.05) is 0 Å². The molecule has 0 aliphatic heterocycles. The van der Waals surface area contributed by atoms with E-state index in [1.54, 1.807) is 16.7 Å². The summed E-state index contributed by atoms with van der Waals surface area (Å²) in [6, 6.07) is 5.39. The molecule has 0 atom stereocenters. The summed E-state index contributed by atoms with van der Waals surface area (Å²) in [7, 11) is 0. The molecule has 2 aromatic rings. The number of aromatic nitrogens is 2. The Morgan fingerprint density at radius 2 is 2.23 bits per heavy atom. The van der Waals surface area contributed by atoms with Crippen LogP contribution < -0.4 is 0 Å². The molecule has 2 heterocycles. The number of aromatic carboxylic acids is 1. The summed E-state index contributed by atoms with van der Waals surface area (Å²) in [5, 5.41) is 8.61. The average molecular weight is 170 g/mol. The van der Waals surface area contributed by atoms with Crippen LogP contribution in [0, 0.1) is 0 Å². The normalized spacial score (nSPS) is 9.54. The molecular weight excluding hydrogens is 163 g/mol. The summed E-state index contributed by atoms with van der Waals surface area (Å²) in [4.78, 5) is 14.4. The van der Waals surface area contributed by atoms with Gasteiger partial charge in [0.15, 0.2) is 5.69 Å². The predicted octanol–water partition coefficient (Wildman–Crippen LogP) is 0.384. The Balaban J connectivity index is 0.000000845. The second-order valence-electron chi connectivity index (χ2n) is 2.40. The first-order chi connectivity index (χ1) is 5.77. The monoisotopic (exact) mass is 170 g/mol. The molecule has 0 aliphatic rings. The van der Waals surface area contributed by atoms with E-state index >= 15 is 0 Å². The summed E-state index contributed by atoms with van der Waals surface area (Å²) in [6.07, 6.45) is 3.24. The third-order valence-corrected chi connectivity index (χ3v) is 1.58.